The quantitative estimate of drug-likeness (QED) is 0.479. The number of aromatic nitrogens is 1. The molecule has 1 heterocycles. The highest BCUT2D eigenvalue weighted by atomic mass is 35.5. The summed E-state index contributed by atoms with van der Waals surface area (Å²) in [7, 11) is -2.29. The van der Waals surface area contributed by atoms with E-state index in [1.165, 1.54) is 12.1 Å². The lowest BCUT2D eigenvalue weighted by Crippen LogP contribution is -2.16. The fourth-order valence-electron chi connectivity index (χ4n) is 3.05. The molecule has 3 N–H and O–H groups in total. The molecule has 0 atom stereocenters. The normalized spacial score (nSPS) is 11.7. The molecule has 0 saturated carbocycles. The van der Waals surface area contributed by atoms with Gasteiger partial charge in [0.15, 0.2) is 4.90 Å². The van der Waals surface area contributed by atoms with Crippen molar-refractivity contribution in [1.82, 2.24) is 4.57 Å². The fourth-order valence-corrected chi connectivity index (χ4v) is 3.94. The number of para-hydroxylation sites is 1. The van der Waals surface area contributed by atoms with E-state index in [9.17, 15) is 18.5 Å². The van der Waals surface area contributed by atoms with E-state index < -0.39 is 25.5 Å². The van der Waals surface area contributed by atoms with Crippen molar-refractivity contribution in [2.75, 3.05) is 11.9 Å². The Labute approximate surface area is 160 Å². The Hall–Kier alpha value is -2.62. The van der Waals surface area contributed by atoms with Gasteiger partial charge in [0, 0.05) is 35.7 Å². The van der Waals surface area contributed by atoms with E-state index in [2.05, 4.69) is 5.32 Å². The Balaban J connectivity index is 1.85. The van der Waals surface area contributed by atoms with Gasteiger partial charge in [-0.2, -0.15) is 0 Å². The van der Waals surface area contributed by atoms with Crippen molar-refractivity contribution in [3.63, 3.8) is 0 Å². The summed E-state index contributed by atoms with van der Waals surface area (Å²) < 4.78 is 25.2. The lowest BCUT2D eigenvalue weighted by atomic mass is 10.1. The van der Waals surface area contributed by atoms with Gasteiger partial charge in [-0.3, -0.25) is 10.1 Å². The fraction of sp³-hybridized carbons (Fsp3) is 0.176. The van der Waals surface area contributed by atoms with Crippen LogP contribution in [-0.2, 0) is 23.5 Å². The zero-order chi connectivity index (χ0) is 19.8. The summed E-state index contributed by atoms with van der Waals surface area (Å²) in [6, 6.07) is 9.59. The van der Waals surface area contributed by atoms with Gasteiger partial charge in [-0.05, 0) is 36.2 Å². The minimum Gasteiger partial charge on any atom is -0.379 e. The summed E-state index contributed by atoms with van der Waals surface area (Å²) in [5, 5.41) is 21.1. The number of rotatable bonds is 6. The molecule has 0 fully saturated rings. The van der Waals surface area contributed by atoms with Crippen LogP contribution in [-0.4, -0.2) is 24.5 Å². The molecule has 0 aliphatic carbocycles. The molecule has 0 aliphatic rings. The second-order valence-corrected chi connectivity index (χ2v) is 8.02. The van der Waals surface area contributed by atoms with Crippen LogP contribution in [0.5, 0.6) is 0 Å². The van der Waals surface area contributed by atoms with Crippen LogP contribution in [0.25, 0.3) is 10.9 Å². The number of primary sulfonamides is 1. The van der Waals surface area contributed by atoms with E-state index >= 15 is 0 Å². The molecule has 0 amide bonds. The van der Waals surface area contributed by atoms with Crippen molar-refractivity contribution in [3.8, 4) is 0 Å². The summed E-state index contributed by atoms with van der Waals surface area (Å²) >= 11 is 6.03. The van der Waals surface area contributed by atoms with E-state index in [0.717, 1.165) is 22.5 Å². The number of anilines is 1. The van der Waals surface area contributed by atoms with Crippen LogP contribution in [0.15, 0.2) is 47.5 Å². The molecule has 3 rings (SSSR count). The zero-order valence-electron chi connectivity index (χ0n) is 14.3. The summed E-state index contributed by atoms with van der Waals surface area (Å²) in [4.78, 5) is 10.1. The van der Waals surface area contributed by atoms with E-state index in [4.69, 9.17) is 16.7 Å². The summed E-state index contributed by atoms with van der Waals surface area (Å²) in [6.07, 6.45) is 2.55. The van der Waals surface area contributed by atoms with Crippen LogP contribution in [0, 0.1) is 10.1 Å². The average Bonchev–Trinajstić information content (AvgIpc) is 2.89. The molecule has 3 aromatic rings. The van der Waals surface area contributed by atoms with Gasteiger partial charge >= 0.3 is 5.69 Å². The lowest BCUT2D eigenvalue weighted by Gasteiger charge is -2.09. The van der Waals surface area contributed by atoms with Crippen LogP contribution in [0.1, 0.15) is 5.56 Å². The Kier molecular flexibility index (Phi) is 5.09. The third-order valence-electron chi connectivity index (χ3n) is 4.23. The van der Waals surface area contributed by atoms with Crippen LogP contribution in [0.3, 0.4) is 0 Å². The molecule has 142 valence electrons. The summed E-state index contributed by atoms with van der Waals surface area (Å²) in [6.45, 7) is 0.372. The number of nitrogens with two attached hydrogens (primary N) is 1. The van der Waals surface area contributed by atoms with Crippen LogP contribution < -0.4 is 10.5 Å². The predicted octanol–water partition coefficient (Wildman–Crippen LogP) is 3.04. The molecular formula is C17H17ClN4O4S. The van der Waals surface area contributed by atoms with E-state index in [0.29, 0.717) is 18.0 Å². The van der Waals surface area contributed by atoms with Crippen molar-refractivity contribution in [2.24, 2.45) is 12.2 Å². The van der Waals surface area contributed by atoms with Gasteiger partial charge in [0.2, 0.25) is 10.0 Å². The van der Waals surface area contributed by atoms with Crippen molar-refractivity contribution in [3.05, 3.63) is 63.3 Å². The second-order valence-electron chi connectivity index (χ2n) is 6.06. The predicted molar refractivity (Wildman–Crippen MR) is 105 cm³/mol. The van der Waals surface area contributed by atoms with Gasteiger partial charge in [-0.1, -0.05) is 23.7 Å². The number of nitro groups is 1. The summed E-state index contributed by atoms with van der Waals surface area (Å²) in [5.74, 6) is 0. The Bertz CT molecular complexity index is 1140. The Morgan fingerprint density at radius 3 is 2.70 bits per heavy atom. The minimum absolute atomic E-state index is 0.106. The van der Waals surface area contributed by atoms with Gasteiger partial charge in [0.1, 0.15) is 5.69 Å². The molecule has 0 spiro atoms. The van der Waals surface area contributed by atoms with Gasteiger partial charge in [0.25, 0.3) is 0 Å². The molecule has 2 aromatic carbocycles. The smallest absolute Gasteiger partial charge is 0.312 e. The number of hydrogen-bond donors (Lipinski definition) is 2. The molecule has 0 aliphatic heterocycles. The van der Waals surface area contributed by atoms with Gasteiger partial charge < -0.3 is 9.88 Å². The van der Waals surface area contributed by atoms with Crippen molar-refractivity contribution >= 4 is 43.9 Å². The first-order valence-electron chi connectivity index (χ1n) is 7.96. The number of nitro benzene ring substituents is 1. The van der Waals surface area contributed by atoms with Crippen molar-refractivity contribution in [2.45, 2.75) is 11.3 Å². The Morgan fingerprint density at radius 2 is 2.04 bits per heavy atom. The molecular weight excluding hydrogens is 392 g/mol. The molecule has 0 bridgehead atoms. The maximum absolute atomic E-state index is 11.6. The monoisotopic (exact) mass is 408 g/mol. The third kappa shape index (κ3) is 3.90. The standard InChI is InChI=1S/C17H17ClN4O4S/c1-21-10-11(13-6-5-12(18)9-15(13)21)7-8-20-14-3-2-4-16(27(19,25)26)17(14)22(23)24/h2-6,9-10,20H,7-8H2,1H3,(H2,19,25,26). The zero-order valence-corrected chi connectivity index (χ0v) is 15.9. The maximum atomic E-state index is 11.6. The average molecular weight is 409 g/mol. The molecule has 10 heteroatoms. The minimum atomic E-state index is -4.21. The first-order valence-corrected chi connectivity index (χ1v) is 9.88. The molecule has 0 radical (unpaired) electrons. The molecule has 8 nitrogen and oxygen atoms in total. The maximum Gasteiger partial charge on any atom is 0.312 e. The number of benzene rings is 2. The van der Waals surface area contributed by atoms with Gasteiger partial charge in [-0.15, -0.1) is 0 Å². The largest absolute Gasteiger partial charge is 0.379 e. The van der Waals surface area contributed by atoms with Gasteiger partial charge in [-0.25, -0.2) is 13.6 Å². The number of fused-ring (bicyclic) bond motifs is 1. The van der Waals surface area contributed by atoms with E-state index in [1.807, 2.05) is 29.9 Å². The summed E-state index contributed by atoms with van der Waals surface area (Å²) in [5.41, 5.74) is 1.58. The number of sulfonamides is 1. The number of nitrogens with zero attached hydrogens (tertiary/aromatic N) is 2. The highest BCUT2D eigenvalue weighted by Gasteiger charge is 2.26. The van der Waals surface area contributed by atoms with E-state index in [-0.39, 0.29) is 5.69 Å². The van der Waals surface area contributed by atoms with Gasteiger partial charge in [0.05, 0.1) is 4.92 Å². The second kappa shape index (κ2) is 7.18. The lowest BCUT2D eigenvalue weighted by molar-refractivity contribution is -0.386. The molecule has 0 unspecified atom stereocenters. The highest BCUT2D eigenvalue weighted by molar-refractivity contribution is 7.89. The highest BCUT2D eigenvalue weighted by Crippen LogP contribution is 2.31. The van der Waals surface area contributed by atoms with Crippen LogP contribution in [0.2, 0.25) is 5.02 Å². The topological polar surface area (TPSA) is 120 Å². The third-order valence-corrected chi connectivity index (χ3v) is 5.41. The van der Waals surface area contributed by atoms with Crippen LogP contribution in [0.4, 0.5) is 11.4 Å². The van der Waals surface area contributed by atoms with E-state index in [1.54, 1.807) is 6.07 Å². The van der Waals surface area contributed by atoms with Crippen molar-refractivity contribution < 1.29 is 13.3 Å². The van der Waals surface area contributed by atoms with Crippen LogP contribution >= 0.6 is 11.6 Å². The molecule has 1 aromatic heterocycles. The Morgan fingerprint density at radius 1 is 1.30 bits per heavy atom. The number of halogens is 1. The molecule has 0 saturated heterocycles. The number of hydrogen-bond acceptors (Lipinski definition) is 5. The number of aryl methyl sites for hydroxylation is 1. The first-order chi connectivity index (χ1) is 12.7. The van der Waals surface area contributed by atoms with Crippen molar-refractivity contribution in [1.29, 1.82) is 0 Å². The molecule has 27 heavy (non-hydrogen) atoms. The number of nitrogens with one attached hydrogen (secondary N) is 1. The SMILES string of the molecule is Cn1cc(CCNc2cccc(S(N)(=O)=O)c2[N+](=O)[O-])c2ccc(Cl)cc21. The first kappa shape index (κ1) is 19.2.